The lowest BCUT2D eigenvalue weighted by atomic mass is 10.0. The van der Waals surface area contributed by atoms with Gasteiger partial charge in [0.05, 0.1) is 0 Å². The SMILES string of the molecule is CC(=O)c1cc(C(C)=O)c2ccc(=O)oc2c1. The van der Waals surface area contributed by atoms with Gasteiger partial charge in [0, 0.05) is 22.6 Å². The Morgan fingerprint density at radius 2 is 1.76 bits per heavy atom. The lowest BCUT2D eigenvalue weighted by Gasteiger charge is -2.04. The summed E-state index contributed by atoms with van der Waals surface area (Å²) in [6.07, 6.45) is 0. The quantitative estimate of drug-likeness (QED) is 0.586. The summed E-state index contributed by atoms with van der Waals surface area (Å²) in [5.74, 6) is -0.354. The second-order valence-electron chi connectivity index (χ2n) is 3.80. The molecule has 0 saturated heterocycles. The predicted molar refractivity (Wildman–Crippen MR) is 62.5 cm³/mol. The molecule has 2 rings (SSSR count). The number of rotatable bonds is 2. The zero-order chi connectivity index (χ0) is 12.6. The van der Waals surface area contributed by atoms with Gasteiger partial charge in [-0.15, -0.1) is 0 Å². The third-order valence-electron chi connectivity index (χ3n) is 2.52. The van der Waals surface area contributed by atoms with Crippen LogP contribution in [0, 0.1) is 0 Å². The Morgan fingerprint density at radius 1 is 1.06 bits per heavy atom. The van der Waals surface area contributed by atoms with Crippen LogP contribution in [-0.2, 0) is 0 Å². The van der Waals surface area contributed by atoms with Crippen LogP contribution in [0.25, 0.3) is 11.0 Å². The molecule has 17 heavy (non-hydrogen) atoms. The summed E-state index contributed by atoms with van der Waals surface area (Å²) in [7, 11) is 0. The van der Waals surface area contributed by atoms with Crippen LogP contribution in [0.1, 0.15) is 34.6 Å². The summed E-state index contributed by atoms with van der Waals surface area (Å²) in [6.45, 7) is 2.80. The van der Waals surface area contributed by atoms with Gasteiger partial charge < -0.3 is 4.42 Å². The van der Waals surface area contributed by atoms with E-state index in [0.717, 1.165) is 0 Å². The van der Waals surface area contributed by atoms with Crippen molar-refractivity contribution in [3.05, 3.63) is 45.8 Å². The molecule has 0 aliphatic rings. The van der Waals surface area contributed by atoms with Crippen LogP contribution in [0.4, 0.5) is 0 Å². The van der Waals surface area contributed by atoms with E-state index >= 15 is 0 Å². The van der Waals surface area contributed by atoms with E-state index in [1.807, 2.05) is 0 Å². The van der Waals surface area contributed by atoms with Gasteiger partial charge in [0.2, 0.25) is 0 Å². The number of hydrogen-bond donors (Lipinski definition) is 0. The third-order valence-corrected chi connectivity index (χ3v) is 2.52. The molecule has 1 heterocycles. The molecule has 2 aromatic rings. The van der Waals surface area contributed by atoms with Crippen molar-refractivity contribution in [2.24, 2.45) is 0 Å². The van der Waals surface area contributed by atoms with Crippen LogP contribution in [0.15, 0.2) is 33.5 Å². The summed E-state index contributed by atoms with van der Waals surface area (Å²) in [5.41, 5.74) is 0.497. The van der Waals surface area contributed by atoms with Gasteiger partial charge in [-0.3, -0.25) is 9.59 Å². The maximum absolute atomic E-state index is 11.5. The fourth-order valence-corrected chi connectivity index (χ4v) is 1.67. The molecular weight excluding hydrogens is 220 g/mol. The highest BCUT2D eigenvalue weighted by atomic mass is 16.4. The molecule has 0 amide bonds. The molecule has 0 bridgehead atoms. The number of Topliss-reactive ketones (excluding diaryl/α,β-unsaturated/α-hetero) is 2. The first-order chi connectivity index (χ1) is 7.99. The standard InChI is InChI=1S/C13H10O4/c1-7(14)9-5-11(8(2)15)10-3-4-13(16)17-12(10)6-9/h3-6H,1-2H3. The van der Waals surface area contributed by atoms with E-state index in [4.69, 9.17) is 4.42 Å². The third kappa shape index (κ3) is 2.01. The Hall–Kier alpha value is -2.23. The highest BCUT2D eigenvalue weighted by Gasteiger charge is 2.12. The molecule has 0 radical (unpaired) electrons. The van der Waals surface area contributed by atoms with Gasteiger partial charge in [-0.25, -0.2) is 4.79 Å². The first-order valence-corrected chi connectivity index (χ1v) is 5.09. The normalized spacial score (nSPS) is 10.5. The molecule has 0 fully saturated rings. The number of hydrogen-bond acceptors (Lipinski definition) is 4. The van der Waals surface area contributed by atoms with Crippen molar-refractivity contribution in [1.29, 1.82) is 0 Å². The molecule has 0 unspecified atom stereocenters. The number of benzene rings is 1. The average molecular weight is 230 g/mol. The Kier molecular flexibility index (Phi) is 2.63. The summed E-state index contributed by atoms with van der Waals surface area (Å²) >= 11 is 0. The number of carbonyl (C=O) groups is 2. The topological polar surface area (TPSA) is 64.3 Å². The van der Waals surface area contributed by atoms with Gasteiger partial charge in [0.15, 0.2) is 11.6 Å². The number of ketones is 2. The van der Waals surface area contributed by atoms with Gasteiger partial charge in [-0.05, 0) is 32.0 Å². The fraction of sp³-hybridized carbons (Fsp3) is 0.154. The second-order valence-corrected chi connectivity index (χ2v) is 3.80. The van der Waals surface area contributed by atoms with Crippen molar-refractivity contribution in [3.63, 3.8) is 0 Å². The van der Waals surface area contributed by atoms with Crippen LogP contribution < -0.4 is 5.63 Å². The van der Waals surface area contributed by atoms with Gasteiger partial charge in [0.1, 0.15) is 5.58 Å². The molecule has 1 aromatic carbocycles. The molecule has 0 atom stereocenters. The molecule has 1 aromatic heterocycles. The maximum atomic E-state index is 11.5. The van der Waals surface area contributed by atoms with Crippen LogP contribution in [0.3, 0.4) is 0 Å². The van der Waals surface area contributed by atoms with E-state index in [1.54, 1.807) is 0 Å². The molecule has 0 spiro atoms. The highest BCUT2D eigenvalue weighted by molar-refractivity contribution is 6.09. The van der Waals surface area contributed by atoms with Crippen LogP contribution in [0.2, 0.25) is 0 Å². The predicted octanol–water partition coefficient (Wildman–Crippen LogP) is 2.20. The Labute approximate surface area is 96.9 Å². The molecule has 0 N–H and O–H groups in total. The molecule has 4 heteroatoms. The zero-order valence-electron chi connectivity index (χ0n) is 9.44. The highest BCUT2D eigenvalue weighted by Crippen LogP contribution is 2.20. The number of fused-ring (bicyclic) bond motifs is 1. The first kappa shape index (κ1) is 11.3. The Balaban J connectivity index is 2.90. The second kappa shape index (κ2) is 3.97. The van der Waals surface area contributed by atoms with Crippen molar-refractivity contribution < 1.29 is 14.0 Å². The molecule has 4 nitrogen and oxygen atoms in total. The Bertz CT molecular complexity index is 679. The van der Waals surface area contributed by atoms with E-state index in [-0.39, 0.29) is 17.1 Å². The van der Waals surface area contributed by atoms with Crippen molar-refractivity contribution >= 4 is 22.5 Å². The van der Waals surface area contributed by atoms with E-state index in [1.165, 1.54) is 38.1 Å². The van der Waals surface area contributed by atoms with Crippen molar-refractivity contribution in [3.8, 4) is 0 Å². The van der Waals surface area contributed by atoms with Gasteiger partial charge in [0.25, 0.3) is 0 Å². The molecule has 86 valence electrons. The summed E-state index contributed by atoms with van der Waals surface area (Å²) in [4.78, 5) is 33.9. The van der Waals surface area contributed by atoms with Crippen molar-refractivity contribution in [2.45, 2.75) is 13.8 Å². The van der Waals surface area contributed by atoms with Gasteiger partial charge >= 0.3 is 5.63 Å². The minimum absolute atomic E-state index is 0.174. The van der Waals surface area contributed by atoms with Crippen LogP contribution in [0.5, 0.6) is 0 Å². The minimum atomic E-state index is -0.507. The van der Waals surface area contributed by atoms with E-state index < -0.39 is 5.63 Å². The minimum Gasteiger partial charge on any atom is -0.423 e. The maximum Gasteiger partial charge on any atom is 0.336 e. The van der Waals surface area contributed by atoms with Crippen LogP contribution >= 0.6 is 0 Å². The first-order valence-electron chi connectivity index (χ1n) is 5.09. The molecule has 0 aliphatic carbocycles. The number of carbonyl (C=O) groups excluding carboxylic acids is 2. The lowest BCUT2D eigenvalue weighted by molar-refractivity contribution is 0.101. The molecular formula is C13H10O4. The smallest absolute Gasteiger partial charge is 0.336 e. The van der Waals surface area contributed by atoms with Gasteiger partial charge in [-0.2, -0.15) is 0 Å². The fourth-order valence-electron chi connectivity index (χ4n) is 1.67. The largest absolute Gasteiger partial charge is 0.423 e. The summed E-state index contributed by atoms with van der Waals surface area (Å²) < 4.78 is 4.98. The molecule has 0 aliphatic heterocycles. The summed E-state index contributed by atoms with van der Waals surface area (Å²) in [6, 6.07) is 5.78. The van der Waals surface area contributed by atoms with E-state index in [2.05, 4.69) is 0 Å². The van der Waals surface area contributed by atoms with Crippen LogP contribution in [-0.4, -0.2) is 11.6 Å². The van der Waals surface area contributed by atoms with Crippen molar-refractivity contribution in [1.82, 2.24) is 0 Å². The molecule has 0 saturated carbocycles. The zero-order valence-corrected chi connectivity index (χ0v) is 9.44. The monoisotopic (exact) mass is 230 g/mol. The van der Waals surface area contributed by atoms with E-state index in [0.29, 0.717) is 16.5 Å². The summed E-state index contributed by atoms with van der Waals surface area (Å²) in [5, 5.41) is 0.544. The Morgan fingerprint density at radius 3 is 2.35 bits per heavy atom. The lowest BCUT2D eigenvalue weighted by Crippen LogP contribution is -2.02. The average Bonchev–Trinajstić information content (AvgIpc) is 2.26. The van der Waals surface area contributed by atoms with Crippen molar-refractivity contribution in [2.75, 3.05) is 0 Å². The van der Waals surface area contributed by atoms with E-state index in [9.17, 15) is 14.4 Å². The van der Waals surface area contributed by atoms with Gasteiger partial charge in [-0.1, -0.05) is 0 Å².